The first-order valence-electron chi connectivity index (χ1n) is 9.76. The number of ether oxygens (including phenoxy) is 1. The largest absolute Gasteiger partial charge is 0.465 e. The minimum Gasteiger partial charge on any atom is -0.465 e. The monoisotopic (exact) mass is 503 g/mol. The average Bonchev–Trinajstić information content (AvgIpc) is 2.76. The second-order valence-electron chi connectivity index (χ2n) is 6.57. The number of allylic oxidation sites excluding steroid dienone is 2. The fourth-order valence-corrected chi connectivity index (χ4v) is 3.40. The van der Waals surface area contributed by atoms with Crippen LogP contribution >= 0.6 is 22.6 Å². The maximum atomic E-state index is 12.9. The van der Waals surface area contributed by atoms with Crippen molar-refractivity contribution in [3.8, 4) is 0 Å². The molecular formula is C24H26INO3. The van der Waals surface area contributed by atoms with Gasteiger partial charge in [0.25, 0.3) is 0 Å². The quantitative estimate of drug-likeness (QED) is 0.123. The molecule has 0 aliphatic heterocycles. The third-order valence-electron chi connectivity index (χ3n) is 4.40. The number of halogens is 1. The molecule has 0 aliphatic rings. The number of carbonyl (C=O) groups is 2. The van der Waals surface area contributed by atoms with Crippen LogP contribution in [0.5, 0.6) is 0 Å². The Morgan fingerprint density at radius 3 is 2.41 bits per heavy atom. The molecule has 29 heavy (non-hydrogen) atoms. The van der Waals surface area contributed by atoms with Gasteiger partial charge in [-0.1, -0.05) is 68.3 Å². The van der Waals surface area contributed by atoms with Gasteiger partial charge in [-0.05, 0) is 51.1 Å². The van der Waals surface area contributed by atoms with Crippen molar-refractivity contribution in [1.82, 2.24) is 0 Å². The van der Waals surface area contributed by atoms with Crippen LogP contribution in [0.15, 0.2) is 69.2 Å². The molecule has 0 spiro atoms. The van der Waals surface area contributed by atoms with Crippen LogP contribution in [0.3, 0.4) is 0 Å². The third-order valence-corrected chi connectivity index (χ3v) is 5.38. The normalized spacial score (nSPS) is 12.0. The van der Waals surface area contributed by atoms with Crippen LogP contribution in [-0.4, -0.2) is 24.6 Å². The Hall–Kier alpha value is -2.28. The van der Waals surface area contributed by atoms with Crippen LogP contribution in [-0.2, 0) is 9.53 Å². The summed E-state index contributed by atoms with van der Waals surface area (Å²) in [6.07, 6.45) is 6.85. The minimum absolute atomic E-state index is 0.126. The molecule has 4 nitrogen and oxygen atoms in total. The molecule has 0 atom stereocenters. The number of methoxy groups -OCH3 is 1. The van der Waals surface area contributed by atoms with E-state index in [0.29, 0.717) is 23.2 Å². The van der Waals surface area contributed by atoms with Crippen LogP contribution in [0.1, 0.15) is 54.9 Å². The van der Waals surface area contributed by atoms with Crippen LogP contribution in [0.25, 0.3) is 0 Å². The number of aliphatic imine (C=N–C) groups is 1. The molecule has 2 rings (SSSR count). The van der Waals surface area contributed by atoms with E-state index in [2.05, 4.69) is 34.5 Å². The summed E-state index contributed by atoms with van der Waals surface area (Å²) in [6.45, 7) is 2.17. The van der Waals surface area contributed by atoms with Crippen LogP contribution in [0.2, 0.25) is 0 Å². The van der Waals surface area contributed by atoms with Crippen molar-refractivity contribution in [3.63, 3.8) is 0 Å². The van der Waals surface area contributed by atoms with Crippen molar-refractivity contribution < 1.29 is 14.3 Å². The number of carbonyl (C=O) groups excluding carboxylic acids is 2. The molecule has 0 bridgehead atoms. The first-order chi connectivity index (χ1) is 14.1. The van der Waals surface area contributed by atoms with Crippen molar-refractivity contribution in [2.24, 2.45) is 4.99 Å². The lowest BCUT2D eigenvalue weighted by Crippen LogP contribution is -2.15. The Morgan fingerprint density at radius 2 is 1.72 bits per heavy atom. The van der Waals surface area contributed by atoms with Gasteiger partial charge in [-0.15, -0.1) is 0 Å². The van der Waals surface area contributed by atoms with Crippen LogP contribution in [0, 0.1) is 0 Å². The highest BCUT2D eigenvalue weighted by molar-refractivity contribution is 14.1. The summed E-state index contributed by atoms with van der Waals surface area (Å²) < 4.78 is 6.11. The number of esters is 1. The Morgan fingerprint density at radius 1 is 1.03 bits per heavy atom. The van der Waals surface area contributed by atoms with Crippen LogP contribution in [0.4, 0.5) is 5.69 Å². The molecule has 5 heteroatoms. The summed E-state index contributed by atoms with van der Waals surface area (Å²) in [5.74, 6) is -0.611. The van der Waals surface area contributed by atoms with Crippen molar-refractivity contribution in [3.05, 3.63) is 75.4 Å². The number of para-hydroxylation sites is 1. The summed E-state index contributed by atoms with van der Waals surface area (Å²) in [7, 11) is 1.34. The second kappa shape index (κ2) is 12.3. The molecule has 0 saturated carbocycles. The number of hydrogen-bond acceptors (Lipinski definition) is 4. The third kappa shape index (κ3) is 7.24. The Balaban J connectivity index is 2.31. The molecular weight excluding hydrogens is 477 g/mol. The molecule has 0 N–H and O–H groups in total. The molecule has 0 radical (unpaired) electrons. The summed E-state index contributed by atoms with van der Waals surface area (Å²) >= 11 is 2.31. The summed E-state index contributed by atoms with van der Waals surface area (Å²) in [4.78, 5) is 29.7. The van der Waals surface area contributed by atoms with E-state index in [1.54, 1.807) is 36.4 Å². The van der Waals surface area contributed by atoms with Crippen LogP contribution < -0.4 is 0 Å². The average molecular weight is 503 g/mol. The van der Waals surface area contributed by atoms with E-state index in [1.807, 2.05) is 24.3 Å². The molecule has 0 aromatic heterocycles. The first-order valence-corrected chi connectivity index (χ1v) is 10.8. The van der Waals surface area contributed by atoms with Gasteiger partial charge in [-0.25, -0.2) is 9.79 Å². The first kappa shape index (κ1) is 23.0. The summed E-state index contributed by atoms with van der Waals surface area (Å²) in [5, 5.41) is 0. The number of rotatable bonds is 10. The van der Waals surface area contributed by atoms with E-state index in [1.165, 1.54) is 23.5 Å². The highest BCUT2D eigenvalue weighted by Crippen LogP contribution is 2.24. The molecule has 0 unspecified atom stereocenters. The van der Waals surface area contributed by atoms with Gasteiger partial charge in [0.2, 0.25) is 0 Å². The van der Waals surface area contributed by atoms with Gasteiger partial charge in [-0.2, -0.15) is 0 Å². The molecule has 2 aromatic carbocycles. The zero-order chi connectivity index (χ0) is 21.1. The summed E-state index contributed by atoms with van der Waals surface area (Å²) in [6, 6.07) is 16.1. The van der Waals surface area contributed by atoms with E-state index >= 15 is 0 Å². The van der Waals surface area contributed by atoms with Gasteiger partial charge in [0.05, 0.1) is 12.8 Å². The lowest BCUT2D eigenvalue weighted by molar-refractivity contribution is -0.132. The molecule has 152 valence electrons. The highest BCUT2D eigenvalue weighted by atomic mass is 127. The van der Waals surface area contributed by atoms with Crippen molar-refractivity contribution in [2.75, 3.05) is 7.11 Å². The number of unbranched alkanes of at least 4 members (excludes halogenated alkanes) is 2. The number of hydrogen-bond donors (Lipinski definition) is 0. The fraction of sp³-hybridized carbons (Fsp3) is 0.292. The number of benzene rings is 2. The van der Waals surface area contributed by atoms with Gasteiger partial charge >= 0.3 is 5.97 Å². The van der Waals surface area contributed by atoms with Gasteiger partial charge in [0, 0.05) is 17.5 Å². The smallest absolute Gasteiger partial charge is 0.352 e. The lowest BCUT2D eigenvalue weighted by atomic mass is 10.0. The van der Waals surface area contributed by atoms with Gasteiger partial charge in [-0.3, -0.25) is 4.79 Å². The van der Waals surface area contributed by atoms with Gasteiger partial charge in [0.1, 0.15) is 5.71 Å². The standard InChI is InChI=1S/C24H26INO3/c1-3-4-6-13-19(25)16-17-22(24(28)29-2)26-21-15-10-9-14-20(21)23(27)18-11-7-5-8-12-18/h5,7-12,14-16H,3-4,6,13,17H2,1-2H3/b19-16-,26-22?. The molecule has 0 aliphatic carbocycles. The van der Waals surface area contributed by atoms with Gasteiger partial charge in [0.15, 0.2) is 5.78 Å². The SMILES string of the molecule is CCCCC/C(I)=C/CC(=Nc1ccccc1C(=O)c1ccccc1)C(=O)OC. The van der Waals surface area contributed by atoms with Crippen molar-refractivity contribution >= 4 is 45.7 Å². The van der Waals surface area contributed by atoms with E-state index in [-0.39, 0.29) is 11.5 Å². The van der Waals surface area contributed by atoms with Gasteiger partial charge < -0.3 is 4.74 Å². The predicted molar refractivity (Wildman–Crippen MR) is 126 cm³/mol. The Kier molecular flexibility index (Phi) is 9.77. The molecule has 0 saturated heterocycles. The predicted octanol–water partition coefficient (Wildman–Crippen LogP) is 6.45. The topological polar surface area (TPSA) is 55.7 Å². The highest BCUT2D eigenvalue weighted by Gasteiger charge is 2.16. The number of nitrogens with zero attached hydrogens (tertiary/aromatic N) is 1. The van der Waals surface area contributed by atoms with E-state index < -0.39 is 5.97 Å². The zero-order valence-corrected chi connectivity index (χ0v) is 19.0. The Bertz CT molecular complexity index is 888. The zero-order valence-electron chi connectivity index (χ0n) is 16.9. The fourth-order valence-electron chi connectivity index (χ4n) is 2.80. The number of ketones is 1. The van der Waals surface area contributed by atoms with E-state index in [0.717, 1.165) is 12.8 Å². The lowest BCUT2D eigenvalue weighted by Gasteiger charge is -2.08. The molecule has 0 fully saturated rings. The molecule has 2 aromatic rings. The van der Waals surface area contributed by atoms with E-state index in [4.69, 9.17) is 4.74 Å². The molecule has 0 heterocycles. The minimum atomic E-state index is -0.485. The molecule has 0 amide bonds. The maximum absolute atomic E-state index is 12.9. The maximum Gasteiger partial charge on any atom is 0.352 e. The van der Waals surface area contributed by atoms with Crippen molar-refractivity contribution in [2.45, 2.75) is 39.0 Å². The Labute approximate surface area is 186 Å². The summed E-state index contributed by atoms with van der Waals surface area (Å²) in [5.41, 5.74) is 1.79. The second-order valence-corrected chi connectivity index (χ2v) is 7.96. The van der Waals surface area contributed by atoms with E-state index in [9.17, 15) is 9.59 Å². The van der Waals surface area contributed by atoms with Crippen molar-refractivity contribution in [1.29, 1.82) is 0 Å².